The third kappa shape index (κ3) is 4.71. The Labute approximate surface area is 172 Å². The zero-order valence-electron chi connectivity index (χ0n) is 17.0. The molecule has 0 atom stereocenters. The highest BCUT2D eigenvalue weighted by molar-refractivity contribution is 7.18. The molecule has 0 radical (unpaired) electrons. The van der Waals surface area contributed by atoms with Gasteiger partial charge in [0.2, 0.25) is 5.91 Å². The Kier molecular flexibility index (Phi) is 5.57. The van der Waals surface area contributed by atoms with Crippen LogP contribution in [0.25, 0.3) is 5.65 Å². The summed E-state index contributed by atoms with van der Waals surface area (Å²) in [6, 6.07) is 6.71. The predicted molar refractivity (Wildman–Crippen MR) is 112 cm³/mol. The van der Waals surface area contributed by atoms with E-state index in [9.17, 15) is 14.4 Å². The van der Waals surface area contributed by atoms with Crippen LogP contribution in [0.3, 0.4) is 0 Å². The molecule has 3 aromatic rings. The Morgan fingerprint density at radius 1 is 1.21 bits per heavy atom. The minimum atomic E-state index is -0.535. The predicted octanol–water partition coefficient (Wildman–Crippen LogP) is 3.71. The Hall–Kier alpha value is -3.00. The van der Waals surface area contributed by atoms with Gasteiger partial charge in [-0.25, -0.2) is 9.78 Å². The molecule has 0 bridgehead atoms. The van der Waals surface area contributed by atoms with E-state index < -0.39 is 11.4 Å². The van der Waals surface area contributed by atoms with Gasteiger partial charge in [0.25, 0.3) is 5.56 Å². The minimum absolute atomic E-state index is 0.112. The standard InChI is InChI=1S/C21H23N3O4S/c1-12-6-7-15-22-14(9-17(25)24(15)10-12)11-28-19(26)18-13(2)8-16(29-18)23-20(27)21(3,4)5/h6-10H,11H2,1-5H3,(H,23,27). The highest BCUT2D eigenvalue weighted by Crippen LogP contribution is 2.29. The van der Waals surface area contributed by atoms with E-state index in [1.54, 1.807) is 25.3 Å². The first kappa shape index (κ1) is 20.7. The number of anilines is 1. The van der Waals surface area contributed by atoms with Crippen LogP contribution in [0.5, 0.6) is 0 Å². The maximum Gasteiger partial charge on any atom is 0.349 e. The molecule has 1 N–H and O–H groups in total. The van der Waals surface area contributed by atoms with Gasteiger partial charge in [-0.3, -0.25) is 14.0 Å². The van der Waals surface area contributed by atoms with Crippen LogP contribution in [0.1, 0.15) is 47.3 Å². The summed E-state index contributed by atoms with van der Waals surface area (Å²) in [4.78, 5) is 41.7. The lowest BCUT2D eigenvalue weighted by Gasteiger charge is -2.16. The van der Waals surface area contributed by atoms with Crippen molar-refractivity contribution in [2.24, 2.45) is 5.41 Å². The van der Waals surface area contributed by atoms with Gasteiger partial charge in [0.15, 0.2) is 0 Å². The van der Waals surface area contributed by atoms with Crippen LogP contribution >= 0.6 is 11.3 Å². The number of amides is 1. The lowest BCUT2D eigenvalue weighted by Crippen LogP contribution is -2.27. The lowest BCUT2D eigenvalue weighted by molar-refractivity contribution is -0.123. The van der Waals surface area contributed by atoms with Crippen molar-refractivity contribution in [3.8, 4) is 0 Å². The van der Waals surface area contributed by atoms with Crippen molar-refractivity contribution in [2.45, 2.75) is 41.2 Å². The third-order valence-electron chi connectivity index (χ3n) is 4.23. The molecule has 8 heteroatoms. The van der Waals surface area contributed by atoms with Crippen LogP contribution in [0.4, 0.5) is 5.00 Å². The van der Waals surface area contributed by atoms with Gasteiger partial charge in [-0.2, -0.15) is 0 Å². The van der Waals surface area contributed by atoms with E-state index in [0.29, 0.717) is 26.8 Å². The van der Waals surface area contributed by atoms with Gasteiger partial charge in [0.05, 0.1) is 10.7 Å². The molecule has 1 amide bonds. The normalized spacial score (nSPS) is 11.5. The van der Waals surface area contributed by atoms with E-state index in [2.05, 4.69) is 10.3 Å². The summed E-state index contributed by atoms with van der Waals surface area (Å²) in [7, 11) is 0. The number of ether oxygens (including phenoxy) is 1. The fraction of sp³-hybridized carbons (Fsp3) is 0.333. The first-order valence-corrected chi connectivity index (χ1v) is 9.94. The van der Waals surface area contributed by atoms with Crippen LogP contribution < -0.4 is 10.9 Å². The Bertz CT molecular complexity index is 1150. The van der Waals surface area contributed by atoms with Crippen molar-refractivity contribution < 1.29 is 14.3 Å². The van der Waals surface area contributed by atoms with Crippen molar-refractivity contribution in [3.63, 3.8) is 0 Å². The number of nitrogens with zero attached hydrogens (tertiary/aromatic N) is 2. The summed E-state index contributed by atoms with van der Waals surface area (Å²) in [5.74, 6) is -0.649. The number of esters is 1. The van der Waals surface area contributed by atoms with Crippen LogP contribution in [0.2, 0.25) is 0 Å². The molecule has 7 nitrogen and oxygen atoms in total. The largest absolute Gasteiger partial charge is 0.455 e. The average Bonchev–Trinajstić information content (AvgIpc) is 3.00. The maximum atomic E-state index is 12.5. The molecule has 0 saturated carbocycles. The summed E-state index contributed by atoms with van der Waals surface area (Å²) in [6.07, 6.45) is 1.71. The molecule has 29 heavy (non-hydrogen) atoms. The number of pyridine rings is 1. The lowest BCUT2D eigenvalue weighted by atomic mass is 9.96. The maximum absolute atomic E-state index is 12.5. The number of rotatable bonds is 4. The molecule has 3 aromatic heterocycles. The zero-order valence-corrected chi connectivity index (χ0v) is 17.8. The topological polar surface area (TPSA) is 89.8 Å². The van der Waals surface area contributed by atoms with Crippen molar-refractivity contribution in [1.29, 1.82) is 0 Å². The summed E-state index contributed by atoms with van der Waals surface area (Å²) >= 11 is 1.16. The van der Waals surface area contributed by atoms with Crippen LogP contribution in [-0.4, -0.2) is 21.3 Å². The summed E-state index contributed by atoms with van der Waals surface area (Å²) in [6.45, 7) is 9.01. The number of aryl methyl sites for hydroxylation is 2. The number of thiophene rings is 1. The zero-order chi connectivity index (χ0) is 21.3. The molecule has 0 spiro atoms. The Morgan fingerprint density at radius 2 is 1.93 bits per heavy atom. The van der Waals surface area contributed by atoms with E-state index in [1.165, 1.54) is 10.5 Å². The molecule has 0 aliphatic rings. The number of carbonyl (C=O) groups excluding carboxylic acids is 2. The van der Waals surface area contributed by atoms with Gasteiger partial charge in [-0.05, 0) is 37.1 Å². The molecule has 0 saturated heterocycles. The molecule has 3 heterocycles. The molecule has 0 aliphatic heterocycles. The van der Waals surface area contributed by atoms with Crippen molar-refractivity contribution in [3.05, 3.63) is 62.5 Å². The van der Waals surface area contributed by atoms with Gasteiger partial charge in [-0.1, -0.05) is 26.8 Å². The van der Waals surface area contributed by atoms with Crippen LogP contribution in [0, 0.1) is 19.3 Å². The van der Waals surface area contributed by atoms with Crippen molar-refractivity contribution in [2.75, 3.05) is 5.32 Å². The fourth-order valence-electron chi connectivity index (χ4n) is 2.58. The first-order chi connectivity index (χ1) is 13.5. The molecular formula is C21H23N3O4S. The summed E-state index contributed by atoms with van der Waals surface area (Å²) in [5.41, 5.74) is 1.77. The second kappa shape index (κ2) is 7.79. The quantitative estimate of drug-likeness (QED) is 0.659. The minimum Gasteiger partial charge on any atom is -0.455 e. The number of hydrogen-bond donors (Lipinski definition) is 1. The fourth-order valence-corrected chi connectivity index (χ4v) is 3.54. The molecule has 3 rings (SSSR count). The summed E-state index contributed by atoms with van der Waals surface area (Å²) in [5, 5.41) is 3.41. The number of aromatic nitrogens is 2. The smallest absolute Gasteiger partial charge is 0.349 e. The molecule has 152 valence electrons. The SMILES string of the molecule is Cc1ccc2nc(COC(=O)c3sc(NC(=O)C(C)(C)C)cc3C)cc(=O)n2c1. The third-order valence-corrected chi connectivity index (χ3v) is 5.37. The number of carbonyl (C=O) groups is 2. The van der Waals surface area contributed by atoms with E-state index in [1.807, 2.05) is 33.8 Å². The number of hydrogen-bond acceptors (Lipinski definition) is 6. The van der Waals surface area contributed by atoms with Crippen molar-refractivity contribution >= 4 is 33.9 Å². The van der Waals surface area contributed by atoms with Crippen molar-refractivity contribution in [1.82, 2.24) is 9.38 Å². The van der Waals surface area contributed by atoms with Gasteiger partial charge in [0.1, 0.15) is 17.1 Å². The number of fused-ring (bicyclic) bond motifs is 1. The van der Waals surface area contributed by atoms with Gasteiger partial charge in [-0.15, -0.1) is 11.3 Å². The second-order valence-corrected chi connectivity index (χ2v) is 8.98. The van der Waals surface area contributed by atoms with Gasteiger partial charge in [0, 0.05) is 17.7 Å². The highest BCUT2D eigenvalue weighted by Gasteiger charge is 2.23. The Morgan fingerprint density at radius 3 is 2.62 bits per heavy atom. The second-order valence-electron chi connectivity index (χ2n) is 7.92. The van der Waals surface area contributed by atoms with E-state index in [-0.39, 0.29) is 18.1 Å². The summed E-state index contributed by atoms with van der Waals surface area (Å²) < 4.78 is 6.81. The van der Waals surface area contributed by atoms with Gasteiger partial charge < -0.3 is 10.1 Å². The van der Waals surface area contributed by atoms with E-state index >= 15 is 0 Å². The average molecular weight is 413 g/mol. The van der Waals surface area contributed by atoms with E-state index in [4.69, 9.17) is 4.74 Å². The number of nitrogens with one attached hydrogen (secondary N) is 1. The van der Waals surface area contributed by atoms with Gasteiger partial charge >= 0.3 is 5.97 Å². The monoisotopic (exact) mass is 413 g/mol. The molecule has 0 unspecified atom stereocenters. The molecule has 0 aromatic carbocycles. The van der Waals surface area contributed by atoms with Crippen LogP contribution in [0.15, 0.2) is 35.3 Å². The Balaban J connectivity index is 1.73. The molecular weight excluding hydrogens is 390 g/mol. The van der Waals surface area contributed by atoms with Crippen LogP contribution in [-0.2, 0) is 16.1 Å². The molecule has 0 fully saturated rings. The first-order valence-electron chi connectivity index (χ1n) is 9.12. The van der Waals surface area contributed by atoms with E-state index in [0.717, 1.165) is 16.9 Å². The molecule has 0 aliphatic carbocycles. The highest BCUT2D eigenvalue weighted by atomic mass is 32.1.